The second-order valence-electron chi connectivity index (χ2n) is 3.41. The second-order valence-corrected chi connectivity index (χ2v) is 3.41. The van der Waals surface area contributed by atoms with Crippen LogP contribution >= 0.6 is 0 Å². The molecular weight excluding hydrogens is 160 g/mol. The first-order chi connectivity index (χ1) is 6.27. The van der Waals surface area contributed by atoms with Gasteiger partial charge in [-0.25, -0.2) is 0 Å². The lowest BCUT2D eigenvalue weighted by Gasteiger charge is -2.22. The van der Waals surface area contributed by atoms with E-state index in [2.05, 4.69) is 30.7 Å². The molecule has 0 amide bonds. The van der Waals surface area contributed by atoms with Crippen molar-refractivity contribution < 1.29 is 0 Å². The van der Waals surface area contributed by atoms with E-state index >= 15 is 0 Å². The van der Waals surface area contributed by atoms with Crippen LogP contribution in [0.25, 0.3) is 0 Å². The van der Waals surface area contributed by atoms with E-state index < -0.39 is 0 Å². The summed E-state index contributed by atoms with van der Waals surface area (Å²) in [5.41, 5.74) is 0. The highest BCUT2D eigenvalue weighted by atomic mass is 15.2. The van der Waals surface area contributed by atoms with E-state index in [1.165, 1.54) is 32.6 Å². The maximum atomic E-state index is 2.52. The minimum absolute atomic E-state index is 0.819. The van der Waals surface area contributed by atoms with Crippen molar-refractivity contribution in [1.82, 2.24) is 9.80 Å². The standard InChI is InChI=1S/C9H20N2.C2H6/c1-4-10(3)9-6-7-11(5-2)8-9;1-2/h9H,4-8H2,1-3H3;1-2H3. The number of hydrogen-bond acceptors (Lipinski definition) is 2. The van der Waals surface area contributed by atoms with Crippen molar-refractivity contribution in [3.63, 3.8) is 0 Å². The van der Waals surface area contributed by atoms with Crippen LogP contribution in [-0.4, -0.2) is 49.1 Å². The molecule has 0 aliphatic carbocycles. The molecule has 2 nitrogen and oxygen atoms in total. The maximum Gasteiger partial charge on any atom is 0.0232 e. The molecule has 1 aliphatic heterocycles. The van der Waals surface area contributed by atoms with E-state index in [0.29, 0.717) is 0 Å². The fraction of sp³-hybridized carbons (Fsp3) is 1.00. The summed E-state index contributed by atoms with van der Waals surface area (Å²) in [4.78, 5) is 4.98. The van der Waals surface area contributed by atoms with Crippen LogP contribution in [0.15, 0.2) is 0 Å². The molecule has 0 aromatic rings. The monoisotopic (exact) mass is 186 g/mol. The Balaban J connectivity index is 0.000000671. The highest BCUT2D eigenvalue weighted by molar-refractivity contribution is 4.80. The number of nitrogens with zero attached hydrogens (tertiary/aromatic N) is 2. The Kier molecular flexibility index (Phi) is 7.29. The first-order valence-electron chi connectivity index (χ1n) is 5.70. The van der Waals surface area contributed by atoms with Crippen LogP contribution in [0.2, 0.25) is 0 Å². The normalized spacial score (nSPS) is 23.1. The van der Waals surface area contributed by atoms with Gasteiger partial charge >= 0.3 is 0 Å². The van der Waals surface area contributed by atoms with Crippen LogP contribution in [0, 0.1) is 0 Å². The van der Waals surface area contributed by atoms with E-state index in [0.717, 1.165) is 6.04 Å². The third kappa shape index (κ3) is 4.10. The van der Waals surface area contributed by atoms with Crippen LogP contribution in [0.4, 0.5) is 0 Å². The second kappa shape index (κ2) is 7.34. The molecule has 0 radical (unpaired) electrons. The summed E-state index contributed by atoms with van der Waals surface area (Å²) in [5, 5.41) is 0. The van der Waals surface area contributed by atoms with E-state index in [-0.39, 0.29) is 0 Å². The van der Waals surface area contributed by atoms with Crippen molar-refractivity contribution >= 4 is 0 Å². The first kappa shape index (κ1) is 12.9. The Labute approximate surface area is 83.9 Å². The van der Waals surface area contributed by atoms with Gasteiger partial charge in [0.1, 0.15) is 0 Å². The van der Waals surface area contributed by atoms with Crippen molar-refractivity contribution in [2.24, 2.45) is 0 Å². The van der Waals surface area contributed by atoms with Gasteiger partial charge in [-0.3, -0.25) is 0 Å². The quantitative estimate of drug-likeness (QED) is 0.665. The van der Waals surface area contributed by atoms with E-state index in [9.17, 15) is 0 Å². The molecule has 0 aromatic carbocycles. The van der Waals surface area contributed by atoms with Crippen LogP contribution in [-0.2, 0) is 0 Å². The molecule has 1 aliphatic rings. The Morgan fingerprint density at radius 1 is 1.31 bits per heavy atom. The minimum Gasteiger partial charge on any atom is -0.302 e. The number of hydrogen-bond donors (Lipinski definition) is 0. The molecule has 0 N–H and O–H groups in total. The van der Waals surface area contributed by atoms with Gasteiger partial charge in [0.2, 0.25) is 0 Å². The van der Waals surface area contributed by atoms with Crippen LogP contribution in [0.3, 0.4) is 0 Å². The number of rotatable bonds is 3. The van der Waals surface area contributed by atoms with Gasteiger partial charge in [-0.05, 0) is 33.1 Å². The molecule has 0 spiro atoms. The van der Waals surface area contributed by atoms with Crippen molar-refractivity contribution in [2.75, 3.05) is 33.2 Å². The third-order valence-corrected chi connectivity index (χ3v) is 2.82. The third-order valence-electron chi connectivity index (χ3n) is 2.82. The molecule has 2 heteroatoms. The molecule has 1 unspecified atom stereocenters. The summed E-state index contributed by atoms with van der Waals surface area (Å²) in [6.45, 7) is 13.4. The summed E-state index contributed by atoms with van der Waals surface area (Å²) in [6, 6.07) is 0.819. The molecule has 1 rings (SSSR count). The van der Waals surface area contributed by atoms with Crippen molar-refractivity contribution in [3.8, 4) is 0 Å². The van der Waals surface area contributed by atoms with Gasteiger partial charge < -0.3 is 9.80 Å². The Bertz CT molecular complexity index is 115. The molecular formula is C11H26N2. The average Bonchev–Trinajstić information content (AvgIpc) is 2.68. The van der Waals surface area contributed by atoms with Crippen LogP contribution < -0.4 is 0 Å². The zero-order valence-corrected chi connectivity index (χ0v) is 10.0. The zero-order valence-electron chi connectivity index (χ0n) is 10.0. The van der Waals surface area contributed by atoms with E-state index in [4.69, 9.17) is 0 Å². The number of likely N-dealkylation sites (tertiary alicyclic amines) is 1. The lowest BCUT2D eigenvalue weighted by Crippen LogP contribution is -2.34. The molecule has 1 fully saturated rings. The Morgan fingerprint density at radius 2 is 1.92 bits per heavy atom. The van der Waals surface area contributed by atoms with Crippen molar-refractivity contribution in [2.45, 2.75) is 40.2 Å². The Hall–Kier alpha value is -0.0800. The molecule has 1 atom stereocenters. The average molecular weight is 186 g/mol. The van der Waals surface area contributed by atoms with Gasteiger partial charge in [-0.1, -0.05) is 27.7 Å². The number of likely N-dealkylation sites (N-methyl/N-ethyl adjacent to an activating group) is 2. The van der Waals surface area contributed by atoms with Gasteiger partial charge in [0.05, 0.1) is 0 Å². The zero-order chi connectivity index (χ0) is 10.3. The van der Waals surface area contributed by atoms with E-state index in [1.54, 1.807) is 0 Å². The van der Waals surface area contributed by atoms with E-state index in [1.807, 2.05) is 13.8 Å². The molecule has 0 saturated carbocycles. The molecule has 1 saturated heterocycles. The van der Waals surface area contributed by atoms with Gasteiger partial charge in [0.25, 0.3) is 0 Å². The SMILES string of the molecule is CC.CCN1CCC(N(C)CC)C1. The van der Waals surface area contributed by atoms with Crippen LogP contribution in [0.5, 0.6) is 0 Å². The Morgan fingerprint density at radius 3 is 2.31 bits per heavy atom. The fourth-order valence-corrected chi connectivity index (χ4v) is 1.72. The molecule has 0 aromatic heterocycles. The maximum absolute atomic E-state index is 2.52. The fourth-order valence-electron chi connectivity index (χ4n) is 1.72. The summed E-state index contributed by atoms with van der Waals surface area (Å²) >= 11 is 0. The molecule has 80 valence electrons. The summed E-state index contributed by atoms with van der Waals surface area (Å²) in [7, 11) is 2.23. The van der Waals surface area contributed by atoms with Gasteiger partial charge in [0, 0.05) is 12.6 Å². The topological polar surface area (TPSA) is 6.48 Å². The molecule has 13 heavy (non-hydrogen) atoms. The predicted molar refractivity (Wildman–Crippen MR) is 60.2 cm³/mol. The van der Waals surface area contributed by atoms with Gasteiger partial charge in [-0.15, -0.1) is 0 Å². The molecule has 0 bridgehead atoms. The van der Waals surface area contributed by atoms with Crippen molar-refractivity contribution in [3.05, 3.63) is 0 Å². The predicted octanol–water partition coefficient (Wildman–Crippen LogP) is 2.06. The summed E-state index contributed by atoms with van der Waals surface area (Å²) in [6.07, 6.45) is 1.36. The summed E-state index contributed by atoms with van der Waals surface area (Å²) in [5.74, 6) is 0. The van der Waals surface area contributed by atoms with Crippen molar-refractivity contribution in [1.29, 1.82) is 0 Å². The summed E-state index contributed by atoms with van der Waals surface area (Å²) < 4.78 is 0. The highest BCUT2D eigenvalue weighted by Crippen LogP contribution is 2.12. The highest BCUT2D eigenvalue weighted by Gasteiger charge is 2.23. The smallest absolute Gasteiger partial charge is 0.0232 e. The van der Waals surface area contributed by atoms with Gasteiger partial charge in [0.15, 0.2) is 0 Å². The lowest BCUT2D eigenvalue weighted by atomic mass is 10.2. The molecule has 1 heterocycles. The van der Waals surface area contributed by atoms with Crippen LogP contribution in [0.1, 0.15) is 34.1 Å². The minimum atomic E-state index is 0.819. The van der Waals surface area contributed by atoms with Gasteiger partial charge in [-0.2, -0.15) is 0 Å². The lowest BCUT2D eigenvalue weighted by molar-refractivity contribution is 0.245. The first-order valence-corrected chi connectivity index (χ1v) is 5.70. The largest absolute Gasteiger partial charge is 0.302 e.